The molecule has 0 saturated carbocycles. The average molecular weight is 375 g/mol. The molecule has 1 amide bonds. The van der Waals surface area contributed by atoms with Crippen LogP contribution in [0.5, 0.6) is 0 Å². The maximum Gasteiger partial charge on any atom is 0.256 e. The number of nitrogens with zero attached hydrogens (tertiary/aromatic N) is 4. The second kappa shape index (κ2) is 6.92. The molecular formula is C21H21N5O2. The fourth-order valence-corrected chi connectivity index (χ4v) is 3.38. The van der Waals surface area contributed by atoms with Gasteiger partial charge >= 0.3 is 0 Å². The van der Waals surface area contributed by atoms with Crippen LogP contribution >= 0.6 is 0 Å². The van der Waals surface area contributed by atoms with Gasteiger partial charge in [0.2, 0.25) is 0 Å². The summed E-state index contributed by atoms with van der Waals surface area (Å²) in [7, 11) is 1.83. The fourth-order valence-electron chi connectivity index (χ4n) is 3.38. The molecule has 0 aliphatic heterocycles. The summed E-state index contributed by atoms with van der Waals surface area (Å²) in [6.45, 7) is 5.64. The van der Waals surface area contributed by atoms with Crippen LogP contribution in [0.15, 0.2) is 40.9 Å². The third-order valence-corrected chi connectivity index (χ3v) is 4.79. The van der Waals surface area contributed by atoms with Crippen molar-refractivity contribution in [3.63, 3.8) is 0 Å². The van der Waals surface area contributed by atoms with Crippen molar-refractivity contribution < 1.29 is 9.32 Å². The van der Waals surface area contributed by atoms with Gasteiger partial charge in [0.15, 0.2) is 11.4 Å². The highest BCUT2D eigenvalue weighted by Gasteiger charge is 2.21. The van der Waals surface area contributed by atoms with Crippen molar-refractivity contribution in [2.24, 2.45) is 7.05 Å². The van der Waals surface area contributed by atoms with E-state index in [2.05, 4.69) is 15.6 Å². The molecule has 4 rings (SSSR count). The summed E-state index contributed by atoms with van der Waals surface area (Å²) in [5.74, 6) is 0.350. The molecule has 0 atom stereocenters. The van der Waals surface area contributed by atoms with E-state index in [0.29, 0.717) is 29.1 Å². The number of carbonyl (C=O) groups is 1. The van der Waals surface area contributed by atoms with Crippen molar-refractivity contribution in [1.29, 1.82) is 0 Å². The van der Waals surface area contributed by atoms with Gasteiger partial charge in [0.05, 0.1) is 22.3 Å². The number of aryl methyl sites for hydroxylation is 4. The summed E-state index contributed by atoms with van der Waals surface area (Å²) in [6.07, 6.45) is 0.667. The molecule has 1 N–H and O–H groups in total. The highest BCUT2D eigenvalue weighted by molar-refractivity contribution is 6.13. The first kappa shape index (κ1) is 17.9. The lowest BCUT2D eigenvalue weighted by Crippen LogP contribution is -2.14. The zero-order valence-corrected chi connectivity index (χ0v) is 16.3. The van der Waals surface area contributed by atoms with Gasteiger partial charge in [-0.2, -0.15) is 5.10 Å². The first-order chi connectivity index (χ1) is 13.5. The van der Waals surface area contributed by atoms with Crippen molar-refractivity contribution in [1.82, 2.24) is 19.9 Å². The quantitative estimate of drug-likeness (QED) is 0.581. The van der Waals surface area contributed by atoms with Gasteiger partial charge in [-0.15, -0.1) is 0 Å². The van der Waals surface area contributed by atoms with Crippen molar-refractivity contribution in [2.45, 2.75) is 27.2 Å². The Kier molecular flexibility index (Phi) is 4.43. The number of pyridine rings is 1. The smallest absolute Gasteiger partial charge is 0.256 e. The topological polar surface area (TPSA) is 85.8 Å². The first-order valence-electron chi connectivity index (χ1n) is 9.15. The predicted octanol–water partition coefficient (Wildman–Crippen LogP) is 4.05. The Hall–Kier alpha value is -3.48. The highest BCUT2D eigenvalue weighted by atomic mass is 16.5. The molecule has 0 spiro atoms. The summed E-state index contributed by atoms with van der Waals surface area (Å²) in [5, 5.41) is 12.2. The lowest BCUT2D eigenvalue weighted by atomic mass is 10.0. The molecule has 28 heavy (non-hydrogen) atoms. The number of carbonyl (C=O) groups excluding carboxylic acids is 1. The van der Waals surface area contributed by atoms with Crippen LogP contribution in [0.2, 0.25) is 0 Å². The third-order valence-electron chi connectivity index (χ3n) is 4.79. The van der Waals surface area contributed by atoms with E-state index < -0.39 is 0 Å². The van der Waals surface area contributed by atoms with E-state index in [-0.39, 0.29) is 5.91 Å². The van der Waals surface area contributed by atoms with E-state index in [0.717, 1.165) is 28.0 Å². The summed E-state index contributed by atoms with van der Waals surface area (Å²) in [6, 6.07) is 11.6. The van der Waals surface area contributed by atoms with Gasteiger partial charge in [-0.3, -0.25) is 9.48 Å². The fraction of sp³-hybridized carbons (Fsp3) is 0.238. The highest BCUT2D eigenvalue weighted by Crippen LogP contribution is 2.28. The van der Waals surface area contributed by atoms with Crippen LogP contribution in [-0.4, -0.2) is 25.8 Å². The maximum atomic E-state index is 13.2. The molecule has 0 saturated heterocycles. The standard InChI is InChI=1S/C21H21N5O2/c1-5-16-19(13(3)28-25-16)23-21(27)15-11-17(14-9-7-6-8-10-14)22-20-18(15)12(2)24-26(20)4/h6-11H,5H2,1-4H3,(H,23,27). The number of amides is 1. The predicted molar refractivity (Wildman–Crippen MR) is 107 cm³/mol. The minimum atomic E-state index is -0.235. The zero-order chi connectivity index (χ0) is 19.8. The van der Waals surface area contributed by atoms with Crippen molar-refractivity contribution >= 4 is 22.6 Å². The Bertz CT molecular complexity index is 1170. The van der Waals surface area contributed by atoms with Crippen LogP contribution in [0.4, 0.5) is 5.69 Å². The number of nitrogens with one attached hydrogen (secondary N) is 1. The Balaban J connectivity index is 1.87. The Morgan fingerprint density at radius 1 is 1.21 bits per heavy atom. The van der Waals surface area contributed by atoms with Gasteiger partial charge in [-0.25, -0.2) is 4.98 Å². The zero-order valence-electron chi connectivity index (χ0n) is 16.3. The van der Waals surface area contributed by atoms with Crippen molar-refractivity contribution in [2.75, 3.05) is 5.32 Å². The van der Waals surface area contributed by atoms with E-state index in [1.54, 1.807) is 11.6 Å². The SMILES string of the molecule is CCc1noc(C)c1NC(=O)c1cc(-c2ccccc2)nc2c1c(C)nn2C. The lowest BCUT2D eigenvalue weighted by molar-refractivity contribution is 0.102. The molecule has 0 fully saturated rings. The minimum absolute atomic E-state index is 0.235. The molecule has 1 aromatic carbocycles. The van der Waals surface area contributed by atoms with Gasteiger partial charge in [0, 0.05) is 12.6 Å². The lowest BCUT2D eigenvalue weighted by Gasteiger charge is -2.09. The number of aromatic nitrogens is 4. The Morgan fingerprint density at radius 3 is 2.68 bits per heavy atom. The Morgan fingerprint density at radius 2 is 1.96 bits per heavy atom. The number of fused-ring (bicyclic) bond motifs is 1. The number of rotatable bonds is 4. The molecule has 0 aliphatic carbocycles. The maximum absolute atomic E-state index is 13.2. The van der Waals surface area contributed by atoms with Crippen LogP contribution in [-0.2, 0) is 13.5 Å². The van der Waals surface area contributed by atoms with Crippen LogP contribution in [0, 0.1) is 13.8 Å². The largest absolute Gasteiger partial charge is 0.359 e. The molecule has 142 valence electrons. The molecule has 0 unspecified atom stereocenters. The molecular weight excluding hydrogens is 354 g/mol. The summed E-state index contributed by atoms with van der Waals surface area (Å²) in [4.78, 5) is 18.0. The van der Waals surface area contributed by atoms with Crippen molar-refractivity contribution in [3.8, 4) is 11.3 Å². The molecule has 0 radical (unpaired) electrons. The molecule has 7 nitrogen and oxygen atoms in total. The third kappa shape index (κ3) is 2.94. The van der Waals surface area contributed by atoms with Crippen molar-refractivity contribution in [3.05, 3.63) is 59.1 Å². The van der Waals surface area contributed by atoms with E-state index in [1.165, 1.54) is 0 Å². The Labute approximate surface area is 162 Å². The van der Waals surface area contributed by atoms with E-state index >= 15 is 0 Å². The second-order valence-corrected chi connectivity index (χ2v) is 6.70. The number of hydrogen-bond acceptors (Lipinski definition) is 5. The minimum Gasteiger partial charge on any atom is -0.359 e. The normalized spacial score (nSPS) is 11.1. The summed E-state index contributed by atoms with van der Waals surface area (Å²) < 4.78 is 6.94. The van der Waals surface area contributed by atoms with E-state index in [9.17, 15) is 4.79 Å². The van der Waals surface area contributed by atoms with Gasteiger partial charge in [-0.05, 0) is 26.3 Å². The number of hydrogen-bond donors (Lipinski definition) is 1. The molecule has 3 aromatic heterocycles. The van der Waals surface area contributed by atoms with Gasteiger partial charge in [0.25, 0.3) is 5.91 Å². The second-order valence-electron chi connectivity index (χ2n) is 6.70. The molecule has 3 heterocycles. The first-order valence-corrected chi connectivity index (χ1v) is 9.15. The number of benzene rings is 1. The molecule has 0 aliphatic rings. The van der Waals surface area contributed by atoms with Gasteiger partial charge < -0.3 is 9.84 Å². The summed E-state index contributed by atoms with van der Waals surface area (Å²) >= 11 is 0. The van der Waals surface area contributed by atoms with Crippen LogP contribution < -0.4 is 5.32 Å². The monoisotopic (exact) mass is 375 g/mol. The van der Waals surface area contributed by atoms with Crippen LogP contribution in [0.1, 0.15) is 34.4 Å². The molecule has 7 heteroatoms. The van der Waals surface area contributed by atoms with Gasteiger partial charge in [0.1, 0.15) is 11.4 Å². The molecule has 0 bridgehead atoms. The molecule has 4 aromatic rings. The summed E-state index contributed by atoms with van der Waals surface area (Å²) in [5.41, 5.74) is 4.96. The van der Waals surface area contributed by atoms with Gasteiger partial charge in [-0.1, -0.05) is 42.4 Å². The average Bonchev–Trinajstić information content (AvgIpc) is 3.20. The number of anilines is 1. The van der Waals surface area contributed by atoms with Crippen LogP contribution in [0.25, 0.3) is 22.3 Å². The van der Waals surface area contributed by atoms with E-state index in [4.69, 9.17) is 9.51 Å². The van der Waals surface area contributed by atoms with E-state index in [1.807, 2.05) is 57.3 Å². The van der Waals surface area contributed by atoms with Crippen LogP contribution in [0.3, 0.4) is 0 Å².